The number of aromatic nitrogens is 2. The van der Waals surface area contributed by atoms with E-state index in [0.717, 1.165) is 11.1 Å². The van der Waals surface area contributed by atoms with Gasteiger partial charge in [0, 0.05) is 18.0 Å². The Labute approximate surface area is 168 Å². The van der Waals surface area contributed by atoms with Crippen LogP contribution in [0.25, 0.3) is 16.8 Å². The Hall–Kier alpha value is -3.74. The van der Waals surface area contributed by atoms with Gasteiger partial charge in [-0.3, -0.25) is 25.2 Å². The maximum absolute atomic E-state index is 12.6. The van der Waals surface area contributed by atoms with E-state index in [9.17, 15) is 14.4 Å². The molecule has 0 aliphatic rings. The molecule has 148 valence electrons. The van der Waals surface area contributed by atoms with Crippen LogP contribution in [0.15, 0.2) is 59.4 Å². The summed E-state index contributed by atoms with van der Waals surface area (Å²) >= 11 is 0. The first-order valence-electron chi connectivity index (χ1n) is 9.35. The number of fused-ring (bicyclic) bond motifs is 1. The zero-order chi connectivity index (χ0) is 20.8. The standard InChI is InChI=1S/C22H22N4O3/c1-3-14-26-22(29)18-11-7-6-10-17(18)20(25-26)21(28)24-23-19(27)13-12-16-9-5-4-8-15(16)2/h4-13H,3,14H2,1-2H3,(H,23,27)(H,24,28)/b13-12+. The monoisotopic (exact) mass is 390 g/mol. The fourth-order valence-corrected chi connectivity index (χ4v) is 2.92. The van der Waals surface area contributed by atoms with Crippen LogP contribution in [-0.2, 0) is 11.3 Å². The van der Waals surface area contributed by atoms with Crippen LogP contribution in [0.5, 0.6) is 0 Å². The number of hydrazine groups is 1. The summed E-state index contributed by atoms with van der Waals surface area (Å²) in [6, 6.07) is 14.4. The molecule has 3 rings (SSSR count). The highest BCUT2D eigenvalue weighted by Gasteiger charge is 2.16. The van der Waals surface area contributed by atoms with Crippen LogP contribution >= 0.6 is 0 Å². The van der Waals surface area contributed by atoms with Gasteiger partial charge in [-0.15, -0.1) is 0 Å². The van der Waals surface area contributed by atoms with Crippen molar-refractivity contribution >= 4 is 28.7 Å². The van der Waals surface area contributed by atoms with Gasteiger partial charge in [0.05, 0.1) is 5.39 Å². The second-order valence-electron chi connectivity index (χ2n) is 6.56. The molecule has 0 saturated carbocycles. The average molecular weight is 390 g/mol. The van der Waals surface area contributed by atoms with Gasteiger partial charge >= 0.3 is 0 Å². The first kappa shape index (κ1) is 20.0. The second kappa shape index (κ2) is 8.97. The Bertz CT molecular complexity index is 1150. The predicted octanol–water partition coefficient (Wildman–Crippen LogP) is 2.59. The highest BCUT2D eigenvalue weighted by atomic mass is 16.2. The molecule has 0 bridgehead atoms. The third-order valence-corrected chi connectivity index (χ3v) is 4.42. The van der Waals surface area contributed by atoms with Crippen molar-refractivity contribution in [1.29, 1.82) is 0 Å². The lowest BCUT2D eigenvalue weighted by Gasteiger charge is -2.10. The van der Waals surface area contributed by atoms with Gasteiger partial charge in [-0.1, -0.05) is 49.4 Å². The molecule has 0 atom stereocenters. The molecular weight excluding hydrogens is 368 g/mol. The van der Waals surface area contributed by atoms with Crippen molar-refractivity contribution < 1.29 is 9.59 Å². The number of nitrogens with zero attached hydrogens (tertiary/aromatic N) is 2. The first-order chi connectivity index (χ1) is 14.0. The van der Waals surface area contributed by atoms with Crippen LogP contribution in [0.2, 0.25) is 0 Å². The number of hydrogen-bond donors (Lipinski definition) is 2. The minimum Gasteiger partial charge on any atom is -0.268 e. The van der Waals surface area contributed by atoms with Crippen molar-refractivity contribution in [3.05, 3.63) is 81.8 Å². The summed E-state index contributed by atoms with van der Waals surface area (Å²) in [5.41, 5.74) is 6.49. The summed E-state index contributed by atoms with van der Waals surface area (Å²) in [4.78, 5) is 37.2. The second-order valence-corrected chi connectivity index (χ2v) is 6.56. The third-order valence-electron chi connectivity index (χ3n) is 4.42. The summed E-state index contributed by atoms with van der Waals surface area (Å²) < 4.78 is 1.27. The zero-order valence-corrected chi connectivity index (χ0v) is 16.3. The van der Waals surface area contributed by atoms with Crippen LogP contribution in [0.4, 0.5) is 0 Å². The molecule has 0 radical (unpaired) electrons. The van der Waals surface area contributed by atoms with E-state index in [1.807, 2.05) is 38.1 Å². The molecule has 0 fully saturated rings. The van der Waals surface area contributed by atoms with E-state index in [-0.39, 0.29) is 11.3 Å². The van der Waals surface area contributed by atoms with Crippen molar-refractivity contribution in [3.8, 4) is 0 Å². The van der Waals surface area contributed by atoms with Gasteiger partial charge in [-0.05, 0) is 36.6 Å². The quantitative estimate of drug-likeness (QED) is 0.517. The van der Waals surface area contributed by atoms with Crippen molar-refractivity contribution in [1.82, 2.24) is 20.6 Å². The molecule has 29 heavy (non-hydrogen) atoms. The molecule has 2 N–H and O–H groups in total. The van der Waals surface area contributed by atoms with E-state index >= 15 is 0 Å². The molecule has 2 amide bonds. The van der Waals surface area contributed by atoms with Gasteiger partial charge in [-0.25, -0.2) is 4.68 Å². The van der Waals surface area contributed by atoms with Crippen LogP contribution in [0, 0.1) is 6.92 Å². The van der Waals surface area contributed by atoms with Crippen molar-refractivity contribution in [2.45, 2.75) is 26.8 Å². The van der Waals surface area contributed by atoms with Crippen molar-refractivity contribution in [3.63, 3.8) is 0 Å². The van der Waals surface area contributed by atoms with Crippen LogP contribution in [0.3, 0.4) is 0 Å². The minimum atomic E-state index is -0.594. The van der Waals surface area contributed by atoms with Gasteiger partial charge in [0.15, 0.2) is 5.69 Å². The normalized spacial score (nSPS) is 11.0. The summed E-state index contributed by atoms with van der Waals surface area (Å²) in [5, 5.41) is 5.04. The van der Waals surface area contributed by atoms with E-state index in [0.29, 0.717) is 23.7 Å². The zero-order valence-electron chi connectivity index (χ0n) is 16.3. The topological polar surface area (TPSA) is 93.1 Å². The van der Waals surface area contributed by atoms with Gasteiger partial charge in [-0.2, -0.15) is 5.10 Å². The molecule has 1 heterocycles. The molecule has 0 saturated heterocycles. The minimum absolute atomic E-state index is 0.0804. The molecule has 1 aromatic heterocycles. The number of nitrogens with one attached hydrogen (secondary N) is 2. The number of rotatable bonds is 5. The lowest BCUT2D eigenvalue weighted by atomic mass is 10.1. The van der Waals surface area contributed by atoms with Gasteiger partial charge in [0.25, 0.3) is 17.4 Å². The van der Waals surface area contributed by atoms with Crippen molar-refractivity contribution in [2.75, 3.05) is 0 Å². The fourth-order valence-electron chi connectivity index (χ4n) is 2.92. The maximum atomic E-state index is 12.6. The van der Waals surface area contributed by atoms with E-state index in [1.54, 1.807) is 30.3 Å². The maximum Gasteiger partial charge on any atom is 0.290 e. The first-order valence-corrected chi connectivity index (χ1v) is 9.35. The molecular formula is C22H22N4O3. The van der Waals surface area contributed by atoms with Crippen LogP contribution < -0.4 is 16.4 Å². The summed E-state index contributed by atoms with van der Waals surface area (Å²) in [5.74, 6) is -1.07. The lowest BCUT2D eigenvalue weighted by molar-refractivity contribution is -0.117. The molecule has 0 spiro atoms. The molecule has 2 aromatic carbocycles. The molecule has 7 heteroatoms. The smallest absolute Gasteiger partial charge is 0.268 e. The number of benzene rings is 2. The summed E-state index contributed by atoms with van der Waals surface area (Å²) in [6.07, 6.45) is 3.71. The molecule has 0 unspecified atom stereocenters. The molecule has 3 aromatic rings. The summed E-state index contributed by atoms with van der Waals surface area (Å²) in [7, 11) is 0. The van der Waals surface area contributed by atoms with Gasteiger partial charge in [0.2, 0.25) is 0 Å². The average Bonchev–Trinajstić information content (AvgIpc) is 2.73. The third kappa shape index (κ3) is 4.57. The van der Waals surface area contributed by atoms with Crippen LogP contribution in [-0.4, -0.2) is 21.6 Å². The number of carbonyl (C=O) groups is 2. The number of carbonyl (C=O) groups excluding carboxylic acids is 2. The Morgan fingerprint density at radius 2 is 1.72 bits per heavy atom. The Kier molecular flexibility index (Phi) is 6.19. The molecule has 7 nitrogen and oxygen atoms in total. The van der Waals surface area contributed by atoms with Gasteiger partial charge in [0.1, 0.15) is 0 Å². The van der Waals surface area contributed by atoms with Crippen molar-refractivity contribution in [2.24, 2.45) is 0 Å². The number of hydrogen-bond acceptors (Lipinski definition) is 4. The van der Waals surface area contributed by atoms with Gasteiger partial charge < -0.3 is 0 Å². The Morgan fingerprint density at radius 3 is 2.45 bits per heavy atom. The Balaban J connectivity index is 1.78. The van der Waals surface area contributed by atoms with E-state index in [4.69, 9.17) is 0 Å². The highest BCUT2D eigenvalue weighted by molar-refractivity contribution is 6.05. The predicted molar refractivity (Wildman–Crippen MR) is 112 cm³/mol. The van der Waals surface area contributed by atoms with Crippen LogP contribution in [0.1, 0.15) is 35.0 Å². The van der Waals surface area contributed by atoms with E-state index < -0.39 is 11.8 Å². The Morgan fingerprint density at radius 1 is 1.03 bits per heavy atom. The van der Waals surface area contributed by atoms with E-state index in [2.05, 4.69) is 16.0 Å². The number of amides is 2. The molecule has 0 aliphatic carbocycles. The fraction of sp³-hybridized carbons (Fsp3) is 0.182. The lowest BCUT2D eigenvalue weighted by Crippen LogP contribution is -2.42. The number of aryl methyl sites for hydroxylation is 2. The van der Waals surface area contributed by atoms with E-state index in [1.165, 1.54) is 10.8 Å². The summed E-state index contributed by atoms with van der Waals surface area (Å²) in [6.45, 7) is 4.26. The largest absolute Gasteiger partial charge is 0.290 e. The SMILES string of the molecule is CCCn1nc(C(=O)NNC(=O)/C=C/c2ccccc2C)c2ccccc2c1=O. The highest BCUT2D eigenvalue weighted by Crippen LogP contribution is 2.13. The molecule has 0 aliphatic heterocycles.